The molecule has 1 aliphatic heterocycles. The topological polar surface area (TPSA) is 79.4 Å². The number of rotatable bonds is 7. The predicted molar refractivity (Wildman–Crippen MR) is 106 cm³/mol. The molecule has 1 aliphatic carbocycles. The highest BCUT2D eigenvalue weighted by atomic mass is 32.2. The maximum atomic E-state index is 14.3. The number of carbonyl (C=O) groups excluding carboxylic acids is 1. The number of nitrogens with zero attached hydrogens (tertiary/aromatic N) is 2. The van der Waals surface area contributed by atoms with E-state index in [1.807, 2.05) is 0 Å². The summed E-state index contributed by atoms with van der Waals surface area (Å²) in [7, 11) is -3.97. The van der Waals surface area contributed by atoms with Gasteiger partial charge in [-0.05, 0) is 62.1 Å². The maximum Gasteiger partial charge on any atom is 0.276 e. The molecule has 1 aromatic carbocycles. The second kappa shape index (κ2) is 8.23. The number of benzene rings is 1. The molecule has 1 saturated heterocycles. The minimum Gasteiger partial charge on any atom is -0.349 e. The number of nitrogens with one attached hydrogen (secondary N) is 1. The molecule has 4 rings (SSSR count). The van der Waals surface area contributed by atoms with Gasteiger partial charge in [-0.25, -0.2) is 21.6 Å². The summed E-state index contributed by atoms with van der Waals surface area (Å²) in [6.45, 7) is 0.0769. The van der Waals surface area contributed by atoms with Crippen LogP contribution < -0.4 is 5.32 Å². The van der Waals surface area contributed by atoms with Crippen LogP contribution in [0.4, 0.5) is 13.2 Å². The van der Waals surface area contributed by atoms with Gasteiger partial charge in [0.05, 0.1) is 17.1 Å². The number of hydrogen-bond donors (Lipinski definition) is 1. The van der Waals surface area contributed by atoms with Crippen LogP contribution in [-0.2, 0) is 27.3 Å². The molecule has 6 nitrogen and oxygen atoms in total. The third-order valence-electron chi connectivity index (χ3n) is 5.66. The van der Waals surface area contributed by atoms with E-state index in [9.17, 15) is 26.4 Å². The predicted octanol–water partition coefficient (Wildman–Crippen LogP) is 3.19. The number of sulfonamides is 1. The molecule has 2 aliphatic rings. The summed E-state index contributed by atoms with van der Waals surface area (Å²) >= 11 is 0. The number of pyridine rings is 1. The Morgan fingerprint density at radius 2 is 1.87 bits per heavy atom. The molecule has 2 aromatic rings. The Morgan fingerprint density at radius 1 is 1.16 bits per heavy atom. The van der Waals surface area contributed by atoms with Gasteiger partial charge in [0.25, 0.3) is 5.92 Å². The summed E-state index contributed by atoms with van der Waals surface area (Å²) in [4.78, 5) is 16.7. The minimum atomic E-state index is -3.97. The summed E-state index contributed by atoms with van der Waals surface area (Å²) in [6, 6.07) is 6.05. The Labute approximate surface area is 178 Å². The van der Waals surface area contributed by atoms with E-state index in [0.29, 0.717) is 25.7 Å². The molecule has 2 heterocycles. The summed E-state index contributed by atoms with van der Waals surface area (Å²) < 4.78 is 68.7. The smallest absolute Gasteiger partial charge is 0.276 e. The normalized spacial score (nSPS) is 20.0. The van der Waals surface area contributed by atoms with E-state index < -0.39 is 39.6 Å². The lowest BCUT2D eigenvalue weighted by atomic mass is 10.0. The Balaban J connectivity index is 1.44. The van der Waals surface area contributed by atoms with Gasteiger partial charge in [0.1, 0.15) is 11.9 Å². The molecule has 2 fully saturated rings. The molecule has 166 valence electrons. The van der Waals surface area contributed by atoms with Crippen LogP contribution in [0.3, 0.4) is 0 Å². The average Bonchev–Trinajstić information content (AvgIpc) is 3.50. The molecule has 1 N–H and O–H groups in total. The van der Waals surface area contributed by atoms with Crippen molar-refractivity contribution < 1.29 is 26.4 Å². The highest BCUT2D eigenvalue weighted by Gasteiger charge is 2.48. The first-order valence-corrected chi connectivity index (χ1v) is 11.5. The van der Waals surface area contributed by atoms with Crippen LogP contribution in [0.5, 0.6) is 0 Å². The van der Waals surface area contributed by atoms with E-state index in [0.717, 1.165) is 28.6 Å². The van der Waals surface area contributed by atoms with Crippen molar-refractivity contribution in [1.29, 1.82) is 0 Å². The number of alkyl halides is 2. The number of carbonyl (C=O) groups is 1. The maximum absolute atomic E-state index is 14.3. The van der Waals surface area contributed by atoms with Gasteiger partial charge in [-0.15, -0.1) is 0 Å². The summed E-state index contributed by atoms with van der Waals surface area (Å²) in [6.07, 6.45) is 3.09. The van der Waals surface area contributed by atoms with Gasteiger partial charge in [0.2, 0.25) is 15.9 Å². The standard InChI is InChI=1S/C21H22F3N3O3S/c22-16-5-7-18(8-6-16)31(29,30)27-11-1-2-19(27)20(28)26-13-17-12-15(9-10-25-17)21(23,24)14-3-4-14/h5-10,12,14,19H,1-4,11,13H2,(H,26,28)/t19-/m0/s1. The SMILES string of the molecule is O=C(NCc1cc(C(F)(F)C2CC2)ccn1)[C@@H]1CCCN1S(=O)(=O)c1ccc(F)cc1. The van der Waals surface area contributed by atoms with Gasteiger partial charge in [-0.1, -0.05) is 0 Å². The largest absolute Gasteiger partial charge is 0.349 e. The fourth-order valence-electron chi connectivity index (χ4n) is 3.79. The molecule has 10 heteroatoms. The van der Waals surface area contributed by atoms with Crippen LogP contribution in [-0.4, -0.2) is 36.2 Å². The fraction of sp³-hybridized carbons (Fsp3) is 0.429. The van der Waals surface area contributed by atoms with Gasteiger partial charge in [-0.3, -0.25) is 9.78 Å². The van der Waals surface area contributed by atoms with Crippen molar-refractivity contribution in [3.05, 3.63) is 59.7 Å². The van der Waals surface area contributed by atoms with E-state index in [1.54, 1.807) is 0 Å². The molecule has 0 spiro atoms. The van der Waals surface area contributed by atoms with E-state index in [-0.39, 0.29) is 29.2 Å². The highest BCUT2D eigenvalue weighted by molar-refractivity contribution is 7.89. The van der Waals surface area contributed by atoms with Crippen molar-refractivity contribution in [3.8, 4) is 0 Å². The Hall–Kier alpha value is -2.46. The molecule has 0 bridgehead atoms. The van der Waals surface area contributed by atoms with E-state index in [4.69, 9.17) is 0 Å². The van der Waals surface area contributed by atoms with Gasteiger partial charge in [0, 0.05) is 24.2 Å². The second-order valence-electron chi connectivity index (χ2n) is 7.88. The Bertz CT molecular complexity index is 1070. The van der Waals surface area contributed by atoms with Crippen molar-refractivity contribution in [3.63, 3.8) is 0 Å². The molecular formula is C21H22F3N3O3S. The van der Waals surface area contributed by atoms with E-state index in [2.05, 4.69) is 10.3 Å². The molecule has 1 aromatic heterocycles. The van der Waals surface area contributed by atoms with Gasteiger partial charge >= 0.3 is 0 Å². The molecular weight excluding hydrogens is 431 g/mol. The van der Waals surface area contributed by atoms with Crippen LogP contribution in [0.25, 0.3) is 0 Å². The van der Waals surface area contributed by atoms with Crippen molar-refractivity contribution in [1.82, 2.24) is 14.6 Å². The molecule has 1 amide bonds. The Morgan fingerprint density at radius 3 is 2.55 bits per heavy atom. The van der Waals surface area contributed by atoms with Gasteiger partial charge in [-0.2, -0.15) is 4.31 Å². The van der Waals surface area contributed by atoms with E-state index >= 15 is 0 Å². The third-order valence-corrected chi connectivity index (χ3v) is 7.58. The van der Waals surface area contributed by atoms with Crippen LogP contribution in [0.2, 0.25) is 0 Å². The lowest BCUT2D eigenvalue weighted by molar-refractivity contribution is -0.124. The average molecular weight is 453 g/mol. The van der Waals surface area contributed by atoms with Gasteiger partial charge in [0.15, 0.2) is 0 Å². The number of halogens is 3. The molecule has 1 saturated carbocycles. The van der Waals surface area contributed by atoms with Crippen LogP contribution >= 0.6 is 0 Å². The van der Waals surface area contributed by atoms with Gasteiger partial charge < -0.3 is 5.32 Å². The van der Waals surface area contributed by atoms with Crippen molar-refractivity contribution in [2.45, 2.75) is 49.1 Å². The third kappa shape index (κ3) is 4.45. The summed E-state index contributed by atoms with van der Waals surface area (Å²) in [5, 5.41) is 2.61. The lowest BCUT2D eigenvalue weighted by Crippen LogP contribution is -2.45. The molecule has 0 radical (unpaired) electrons. The monoisotopic (exact) mass is 453 g/mol. The highest BCUT2D eigenvalue weighted by Crippen LogP contribution is 2.49. The summed E-state index contributed by atoms with van der Waals surface area (Å²) in [5.74, 6) is -4.66. The fourth-order valence-corrected chi connectivity index (χ4v) is 5.45. The first-order chi connectivity index (χ1) is 14.7. The lowest BCUT2D eigenvalue weighted by Gasteiger charge is -2.23. The zero-order valence-corrected chi connectivity index (χ0v) is 17.4. The van der Waals surface area contributed by atoms with Crippen molar-refractivity contribution >= 4 is 15.9 Å². The number of aromatic nitrogens is 1. The van der Waals surface area contributed by atoms with Crippen LogP contribution in [0, 0.1) is 11.7 Å². The van der Waals surface area contributed by atoms with Crippen molar-refractivity contribution in [2.75, 3.05) is 6.54 Å². The second-order valence-corrected chi connectivity index (χ2v) is 9.77. The van der Waals surface area contributed by atoms with Crippen LogP contribution in [0.1, 0.15) is 36.9 Å². The van der Waals surface area contributed by atoms with Crippen molar-refractivity contribution in [2.24, 2.45) is 5.92 Å². The molecule has 31 heavy (non-hydrogen) atoms. The Kier molecular flexibility index (Phi) is 5.78. The number of hydrogen-bond acceptors (Lipinski definition) is 4. The zero-order chi connectivity index (χ0) is 22.2. The zero-order valence-electron chi connectivity index (χ0n) is 16.6. The minimum absolute atomic E-state index is 0.0889. The first-order valence-electron chi connectivity index (χ1n) is 10.1. The number of amides is 1. The van der Waals surface area contributed by atoms with Crippen LogP contribution in [0.15, 0.2) is 47.5 Å². The molecule has 0 unspecified atom stereocenters. The van der Waals surface area contributed by atoms with E-state index in [1.165, 1.54) is 18.3 Å². The summed E-state index contributed by atoms with van der Waals surface area (Å²) in [5.41, 5.74) is 0.146. The first kappa shape index (κ1) is 21.8. The quantitative estimate of drug-likeness (QED) is 0.699. The molecule has 1 atom stereocenters.